The summed E-state index contributed by atoms with van der Waals surface area (Å²) in [6.45, 7) is 0.830. The summed E-state index contributed by atoms with van der Waals surface area (Å²) in [5, 5.41) is 3.87. The van der Waals surface area contributed by atoms with Gasteiger partial charge in [0.1, 0.15) is 0 Å². The number of benzene rings is 2. The van der Waals surface area contributed by atoms with Crippen molar-refractivity contribution in [3.63, 3.8) is 0 Å². The lowest BCUT2D eigenvalue weighted by Crippen LogP contribution is -2.30. The van der Waals surface area contributed by atoms with Gasteiger partial charge in [0.2, 0.25) is 0 Å². The third-order valence-electron chi connectivity index (χ3n) is 4.23. The zero-order valence-corrected chi connectivity index (χ0v) is 12.0. The highest BCUT2D eigenvalue weighted by atomic mass is 16.1. The summed E-state index contributed by atoms with van der Waals surface area (Å²) in [5.74, 6) is 0. The molecule has 1 aromatic heterocycles. The maximum absolute atomic E-state index is 12.9. The average molecular weight is 292 g/mol. The lowest BCUT2D eigenvalue weighted by molar-refractivity contribution is 0.523. The summed E-state index contributed by atoms with van der Waals surface area (Å²) in [7, 11) is 0. The maximum atomic E-state index is 12.9. The topological polar surface area (TPSA) is 72.9 Å². The van der Waals surface area contributed by atoms with Crippen LogP contribution in [0.3, 0.4) is 0 Å². The number of aromatic nitrogens is 2. The molecule has 0 fully saturated rings. The Morgan fingerprint density at radius 2 is 2.05 bits per heavy atom. The number of fused-ring (bicyclic) bond motifs is 2. The molecule has 0 saturated heterocycles. The molecular weight excluding hydrogens is 276 g/mol. The normalized spacial score (nSPS) is 17.0. The van der Waals surface area contributed by atoms with Crippen molar-refractivity contribution in [2.45, 2.75) is 12.5 Å². The Kier molecular flexibility index (Phi) is 2.85. The lowest BCUT2D eigenvalue weighted by atomic mass is 9.97. The van der Waals surface area contributed by atoms with E-state index in [0.717, 1.165) is 24.2 Å². The van der Waals surface area contributed by atoms with E-state index in [-0.39, 0.29) is 11.6 Å². The summed E-state index contributed by atoms with van der Waals surface area (Å²) in [6, 6.07) is 13.4. The number of nitrogens with zero attached hydrogens (tertiary/aromatic N) is 2. The van der Waals surface area contributed by atoms with Gasteiger partial charge in [-0.05, 0) is 30.2 Å². The minimum absolute atomic E-state index is 0.0125. The molecular formula is C17H16N4O. The molecule has 0 radical (unpaired) electrons. The van der Waals surface area contributed by atoms with Crippen LogP contribution in [0.15, 0.2) is 53.6 Å². The van der Waals surface area contributed by atoms with E-state index in [1.54, 1.807) is 17.0 Å². The Labute approximate surface area is 127 Å². The second-order valence-corrected chi connectivity index (χ2v) is 5.52. The molecule has 1 unspecified atom stereocenters. The van der Waals surface area contributed by atoms with Crippen molar-refractivity contribution in [2.24, 2.45) is 0 Å². The van der Waals surface area contributed by atoms with Gasteiger partial charge in [-0.25, -0.2) is 4.98 Å². The van der Waals surface area contributed by atoms with Gasteiger partial charge in [0.15, 0.2) is 0 Å². The van der Waals surface area contributed by atoms with Crippen LogP contribution in [-0.2, 0) is 0 Å². The first-order valence-electron chi connectivity index (χ1n) is 7.34. The number of hydrogen-bond donors (Lipinski definition) is 2. The van der Waals surface area contributed by atoms with Crippen LogP contribution in [0, 0.1) is 0 Å². The van der Waals surface area contributed by atoms with Gasteiger partial charge >= 0.3 is 0 Å². The predicted octanol–water partition coefficient (Wildman–Crippen LogP) is 2.38. The molecule has 0 aliphatic carbocycles. The fourth-order valence-electron chi connectivity index (χ4n) is 3.16. The molecule has 0 saturated carbocycles. The SMILES string of the molecule is Nc1cccc2ncn(C3CCNc4ccccc43)c(=O)c12. The first kappa shape index (κ1) is 12.9. The zero-order chi connectivity index (χ0) is 15.1. The third kappa shape index (κ3) is 1.86. The van der Waals surface area contributed by atoms with Crippen LogP contribution in [-0.4, -0.2) is 16.1 Å². The minimum Gasteiger partial charge on any atom is -0.398 e. The molecule has 1 aliphatic heterocycles. The van der Waals surface area contributed by atoms with Crippen molar-refractivity contribution in [1.82, 2.24) is 9.55 Å². The van der Waals surface area contributed by atoms with E-state index in [1.165, 1.54) is 0 Å². The van der Waals surface area contributed by atoms with Crippen LogP contribution >= 0.6 is 0 Å². The molecule has 110 valence electrons. The highest BCUT2D eigenvalue weighted by molar-refractivity contribution is 5.89. The first-order chi connectivity index (χ1) is 10.8. The fourth-order valence-corrected chi connectivity index (χ4v) is 3.16. The van der Waals surface area contributed by atoms with Crippen molar-refractivity contribution in [3.8, 4) is 0 Å². The van der Waals surface area contributed by atoms with Gasteiger partial charge in [0.05, 0.1) is 23.3 Å². The molecule has 0 amide bonds. The third-order valence-corrected chi connectivity index (χ3v) is 4.23. The quantitative estimate of drug-likeness (QED) is 0.675. The van der Waals surface area contributed by atoms with Gasteiger partial charge < -0.3 is 11.1 Å². The second kappa shape index (κ2) is 4.87. The van der Waals surface area contributed by atoms with Crippen molar-refractivity contribution >= 4 is 22.3 Å². The zero-order valence-electron chi connectivity index (χ0n) is 12.0. The standard InChI is InChI=1S/C17H16N4O/c18-12-5-3-7-14-16(12)17(22)21(10-20-14)15-8-9-19-13-6-2-1-4-11(13)15/h1-7,10,15,19H,8-9,18H2. The average Bonchev–Trinajstić information content (AvgIpc) is 2.55. The van der Waals surface area contributed by atoms with E-state index in [4.69, 9.17) is 5.73 Å². The summed E-state index contributed by atoms with van der Waals surface area (Å²) in [5.41, 5.74) is 9.22. The molecule has 5 heteroatoms. The highest BCUT2D eigenvalue weighted by Gasteiger charge is 2.23. The molecule has 2 aromatic carbocycles. The molecule has 0 spiro atoms. The number of rotatable bonds is 1. The molecule has 5 nitrogen and oxygen atoms in total. The summed E-state index contributed by atoms with van der Waals surface area (Å²) < 4.78 is 1.71. The summed E-state index contributed by atoms with van der Waals surface area (Å²) in [6.07, 6.45) is 2.48. The maximum Gasteiger partial charge on any atom is 0.263 e. The molecule has 0 bridgehead atoms. The van der Waals surface area contributed by atoms with Crippen molar-refractivity contribution in [3.05, 3.63) is 64.7 Å². The Hall–Kier alpha value is -2.82. The minimum atomic E-state index is -0.0789. The molecule has 22 heavy (non-hydrogen) atoms. The second-order valence-electron chi connectivity index (χ2n) is 5.52. The van der Waals surface area contributed by atoms with E-state index < -0.39 is 0 Å². The smallest absolute Gasteiger partial charge is 0.263 e. The molecule has 1 aliphatic rings. The fraction of sp³-hybridized carbons (Fsp3) is 0.176. The molecule has 3 aromatic rings. The van der Waals surface area contributed by atoms with E-state index in [2.05, 4.69) is 16.4 Å². The highest BCUT2D eigenvalue weighted by Crippen LogP contribution is 2.31. The van der Waals surface area contributed by atoms with Gasteiger partial charge in [-0.15, -0.1) is 0 Å². The number of nitrogen functional groups attached to an aromatic ring is 1. The van der Waals surface area contributed by atoms with Crippen molar-refractivity contribution in [1.29, 1.82) is 0 Å². The largest absolute Gasteiger partial charge is 0.398 e. The van der Waals surface area contributed by atoms with Crippen LogP contribution in [0.4, 0.5) is 11.4 Å². The monoisotopic (exact) mass is 292 g/mol. The van der Waals surface area contributed by atoms with Crippen molar-refractivity contribution in [2.75, 3.05) is 17.6 Å². The Balaban J connectivity index is 1.95. The lowest BCUT2D eigenvalue weighted by Gasteiger charge is -2.28. The van der Waals surface area contributed by atoms with Crippen LogP contribution < -0.4 is 16.6 Å². The number of anilines is 2. The number of nitrogens with one attached hydrogen (secondary N) is 1. The van der Waals surface area contributed by atoms with Crippen molar-refractivity contribution < 1.29 is 0 Å². The Bertz CT molecular complexity index is 916. The van der Waals surface area contributed by atoms with E-state index in [1.807, 2.05) is 30.3 Å². The van der Waals surface area contributed by atoms with Crippen LogP contribution in [0.5, 0.6) is 0 Å². The number of hydrogen-bond acceptors (Lipinski definition) is 4. The van der Waals surface area contributed by atoms with Gasteiger partial charge in [0.25, 0.3) is 5.56 Å². The van der Waals surface area contributed by atoms with Gasteiger partial charge in [-0.2, -0.15) is 0 Å². The summed E-state index contributed by atoms with van der Waals surface area (Å²) in [4.78, 5) is 17.3. The van der Waals surface area contributed by atoms with Gasteiger partial charge in [-0.3, -0.25) is 9.36 Å². The predicted molar refractivity (Wildman–Crippen MR) is 88.1 cm³/mol. The molecule has 2 heterocycles. The summed E-state index contributed by atoms with van der Waals surface area (Å²) >= 11 is 0. The van der Waals surface area contributed by atoms with E-state index in [9.17, 15) is 4.79 Å². The Morgan fingerprint density at radius 3 is 2.95 bits per heavy atom. The molecule has 3 N–H and O–H groups in total. The van der Waals surface area contributed by atoms with Crippen LogP contribution in [0.25, 0.3) is 10.9 Å². The van der Waals surface area contributed by atoms with Gasteiger partial charge in [-0.1, -0.05) is 24.3 Å². The number of para-hydroxylation sites is 1. The first-order valence-corrected chi connectivity index (χ1v) is 7.34. The Morgan fingerprint density at radius 1 is 1.18 bits per heavy atom. The molecule has 4 rings (SSSR count). The van der Waals surface area contributed by atoms with E-state index in [0.29, 0.717) is 16.6 Å². The number of nitrogens with two attached hydrogens (primary N) is 1. The van der Waals surface area contributed by atoms with E-state index >= 15 is 0 Å². The molecule has 1 atom stereocenters. The van der Waals surface area contributed by atoms with Gasteiger partial charge in [0, 0.05) is 17.9 Å². The van der Waals surface area contributed by atoms with Crippen LogP contribution in [0.2, 0.25) is 0 Å². The van der Waals surface area contributed by atoms with Crippen LogP contribution in [0.1, 0.15) is 18.0 Å².